The molecule has 0 N–H and O–H groups in total. The molecule has 0 aliphatic carbocycles. The van der Waals surface area contributed by atoms with Crippen molar-refractivity contribution >= 4 is 5.91 Å². The minimum absolute atomic E-state index is 0.0537. The van der Waals surface area contributed by atoms with E-state index in [0.29, 0.717) is 6.42 Å². The lowest BCUT2D eigenvalue weighted by molar-refractivity contribution is -0.121. The fourth-order valence-corrected chi connectivity index (χ4v) is 1.70. The van der Waals surface area contributed by atoms with Crippen LogP contribution in [0.5, 0.6) is 0 Å². The van der Waals surface area contributed by atoms with E-state index in [1.807, 2.05) is 0 Å². The first-order valence-corrected chi connectivity index (χ1v) is 6.44. The predicted molar refractivity (Wildman–Crippen MR) is 64.9 cm³/mol. The first-order chi connectivity index (χ1) is 7.31. The Balaban J connectivity index is 2.95. The number of nitrogens with zero attached hydrogens (tertiary/aromatic N) is 1. The Bertz CT molecular complexity index is 145. The molecule has 2 nitrogen and oxygen atoms in total. The van der Waals surface area contributed by atoms with E-state index in [2.05, 4.69) is 12.2 Å². The summed E-state index contributed by atoms with van der Waals surface area (Å²) in [5.41, 5.74) is 0. The van der Waals surface area contributed by atoms with Crippen molar-refractivity contribution < 1.29 is 4.79 Å². The van der Waals surface area contributed by atoms with Crippen LogP contribution in [0.3, 0.4) is 0 Å². The van der Waals surface area contributed by atoms with Crippen LogP contribution in [0.15, 0.2) is 0 Å². The maximum absolute atomic E-state index is 10.9. The van der Waals surface area contributed by atoms with Gasteiger partial charge in [-0.15, -0.1) is 0 Å². The molecule has 1 amide bonds. The van der Waals surface area contributed by atoms with Gasteiger partial charge in [-0.05, 0) is 6.42 Å². The molecule has 0 aromatic rings. The van der Waals surface area contributed by atoms with E-state index in [1.54, 1.807) is 7.05 Å². The average molecular weight is 212 g/mol. The third-order valence-electron chi connectivity index (χ3n) is 2.74. The summed E-state index contributed by atoms with van der Waals surface area (Å²) in [7, 11) is 1.58. The molecule has 0 heterocycles. The Morgan fingerprint density at radius 3 is 1.80 bits per heavy atom. The van der Waals surface area contributed by atoms with E-state index < -0.39 is 0 Å². The summed E-state index contributed by atoms with van der Waals surface area (Å²) in [5.74, 6) is 0.0537. The molecular weight excluding hydrogens is 186 g/mol. The number of rotatable bonds is 10. The van der Waals surface area contributed by atoms with Gasteiger partial charge < -0.3 is 0 Å². The van der Waals surface area contributed by atoms with Crippen LogP contribution in [-0.4, -0.2) is 13.0 Å². The summed E-state index contributed by atoms with van der Waals surface area (Å²) in [6, 6.07) is 0. The molecule has 0 saturated carbocycles. The van der Waals surface area contributed by atoms with Gasteiger partial charge in [0.15, 0.2) is 0 Å². The second-order valence-corrected chi connectivity index (χ2v) is 4.20. The highest BCUT2D eigenvalue weighted by molar-refractivity contribution is 5.75. The van der Waals surface area contributed by atoms with Crippen molar-refractivity contribution in [2.24, 2.45) is 0 Å². The molecule has 0 saturated heterocycles. The number of carbonyl (C=O) groups is 1. The number of amides is 1. The summed E-state index contributed by atoms with van der Waals surface area (Å²) in [5, 5.41) is 3.62. The van der Waals surface area contributed by atoms with E-state index in [-0.39, 0.29) is 5.91 Å². The number of hydrogen-bond acceptors (Lipinski definition) is 1. The molecule has 0 unspecified atom stereocenters. The second kappa shape index (κ2) is 11.5. The Hall–Kier alpha value is -0.530. The molecule has 0 aliphatic rings. The van der Waals surface area contributed by atoms with E-state index in [4.69, 9.17) is 0 Å². The molecule has 0 aliphatic heterocycles. The van der Waals surface area contributed by atoms with Crippen LogP contribution < -0.4 is 5.32 Å². The molecule has 0 rings (SSSR count). The van der Waals surface area contributed by atoms with Crippen LogP contribution in [0.2, 0.25) is 0 Å². The molecule has 89 valence electrons. The van der Waals surface area contributed by atoms with Crippen molar-refractivity contribution in [3.63, 3.8) is 0 Å². The molecule has 15 heavy (non-hydrogen) atoms. The van der Waals surface area contributed by atoms with Gasteiger partial charge in [0.2, 0.25) is 5.91 Å². The van der Waals surface area contributed by atoms with Crippen molar-refractivity contribution in [3.8, 4) is 0 Å². The maximum Gasteiger partial charge on any atom is 0.240 e. The zero-order valence-electron chi connectivity index (χ0n) is 10.4. The molecule has 0 bridgehead atoms. The van der Waals surface area contributed by atoms with Crippen LogP contribution >= 0.6 is 0 Å². The monoisotopic (exact) mass is 212 g/mol. The molecule has 1 radical (unpaired) electrons. The second-order valence-electron chi connectivity index (χ2n) is 4.20. The smallest absolute Gasteiger partial charge is 0.240 e. The fourth-order valence-electron chi connectivity index (χ4n) is 1.70. The van der Waals surface area contributed by atoms with Gasteiger partial charge in [0.25, 0.3) is 0 Å². The van der Waals surface area contributed by atoms with Gasteiger partial charge >= 0.3 is 0 Å². The molecule has 0 aromatic carbocycles. The Kier molecular flexibility index (Phi) is 11.1. The van der Waals surface area contributed by atoms with Gasteiger partial charge in [-0.1, -0.05) is 58.3 Å². The van der Waals surface area contributed by atoms with E-state index in [0.717, 1.165) is 6.42 Å². The molecule has 2 heteroatoms. The van der Waals surface area contributed by atoms with Crippen LogP contribution in [-0.2, 0) is 4.79 Å². The molecule has 0 atom stereocenters. The third-order valence-corrected chi connectivity index (χ3v) is 2.74. The molecule has 0 fully saturated rings. The van der Waals surface area contributed by atoms with Gasteiger partial charge in [0.05, 0.1) is 0 Å². The lowest BCUT2D eigenvalue weighted by Crippen LogP contribution is -2.09. The van der Waals surface area contributed by atoms with Crippen molar-refractivity contribution in [2.75, 3.05) is 7.05 Å². The molecule has 0 spiro atoms. The first kappa shape index (κ1) is 14.5. The minimum atomic E-state index is 0.0537. The molecular formula is C13H26NO. The summed E-state index contributed by atoms with van der Waals surface area (Å²) in [4.78, 5) is 10.9. The first-order valence-electron chi connectivity index (χ1n) is 6.44. The lowest BCUT2D eigenvalue weighted by Gasteiger charge is -2.01. The standard InChI is InChI=1S/C13H26NO/c1-3-4-5-6-7-8-9-10-11-12-13(15)14-2/h3-12H2,1-2H3. The lowest BCUT2D eigenvalue weighted by atomic mass is 10.1. The van der Waals surface area contributed by atoms with Crippen molar-refractivity contribution in [1.82, 2.24) is 5.32 Å². The fraction of sp³-hybridized carbons (Fsp3) is 0.923. The zero-order chi connectivity index (χ0) is 11.4. The Morgan fingerprint density at radius 1 is 0.867 bits per heavy atom. The SMILES string of the molecule is CCCCCCCCCCCC(=O)[N]C. The highest BCUT2D eigenvalue weighted by Gasteiger charge is 1.98. The van der Waals surface area contributed by atoms with Gasteiger partial charge in [-0.25, -0.2) is 0 Å². The number of hydrogen-bond donors (Lipinski definition) is 0. The normalized spacial score (nSPS) is 10.3. The summed E-state index contributed by atoms with van der Waals surface area (Å²) in [6.45, 7) is 2.25. The van der Waals surface area contributed by atoms with Gasteiger partial charge in [0, 0.05) is 13.5 Å². The van der Waals surface area contributed by atoms with Crippen molar-refractivity contribution in [3.05, 3.63) is 0 Å². The quantitative estimate of drug-likeness (QED) is 0.508. The average Bonchev–Trinajstić information content (AvgIpc) is 2.26. The van der Waals surface area contributed by atoms with E-state index >= 15 is 0 Å². The van der Waals surface area contributed by atoms with Crippen molar-refractivity contribution in [2.45, 2.75) is 71.1 Å². The van der Waals surface area contributed by atoms with Crippen LogP contribution in [0.4, 0.5) is 0 Å². The minimum Gasteiger partial charge on any atom is -0.273 e. The Labute approximate surface area is 94.8 Å². The number of unbranched alkanes of at least 4 members (excludes halogenated alkanes) is 8. The summed E-state index contributed by atoms with van der Waals surface area (Å²) < 4.78 is 0. The van der Waals surface area contributed by atoms with Crippen LogP contribution in [0.1, 0.15) is 71.1 Å². The van der Waals surface area contributed by atoms with Gasteiger partial charge in [0.1, 0.15) is 0 Å². The topological polar surface area (TPSA) is 31.2 Å². The maximum atomic E-state index is 10.9. The summed E-state index contributed by atoms with van der Waals surface area (Å²) >= 11 is 0. The third kappa shape index (κ3) is 11.4. The van der Waals surface area contributed by atoms with E-state index in [1.165, 1.54) is 51.4 Å². The van der Waals surface area contributed by atoms with Gasteiger partial charge in [-0.2, -0.15) is 0 Å². The van der Waals surface area contributed by atoms with E-state index in [9.17, 15) is 4.79 Å². The highest BCUT2D eigenvalue weighted by Crippen LogP contribution is 2.10. The van der Waals surface area contributed by atoms with Crippen LogP contribution in [0.25, 0.3) is 0 Å². The van der Waals surface area contributed by atoms with Crippen molar-refractivity contribution in [1.29, 1.82) is 0 Å². The van der Waals surface area contributed by atoms with Gasteiger partial charge in [-0.3, -0.25) is 10.1 Å². The number of carbonyl (C=O) groups excluding carboxylic acids is 1. The zero-order valence-corrected chi connectivity index (χ0v) is 10.4. The Morgan fingerprint density at radius 2 is 1.33 bits per heavy atom. The molecule has 0 aromatic heterocycles. The summed E-state index contributed by atoms with van der Waals surface area (Å²) in [6.07, 6.45) is 12.3. The van der Waals surface area contributed by atoms with Crippen LogP contribution in [0, 0.1) is 0 Å². The highest BCUT2D eigenvalue weighted by atomic mass is 16.1. The largest absolute Gasteiger partial charge is 0.273 e. The predicted octanol–water partition coefficient (Wildman–Crippen LogP) is 3.67.